The van der Waals surface area contributed by atoms with Crippen molar-refractivity contribution in [2.75, 3.05) is 12.1 Å². The maximum Gasteiger partial charge on any atom is 0.319 e. The summed E-state index contributed by atoms with van der Waals surface area (Å²) < 4.78 is 10.5. The topological polar surface area (TPSA) is 103 Å². The van der Waals surface area contributed by atoms with Crippen LogP contribution in [0.25, 0.3) is 0 Å². The number of nitro groups is 1. The molecule has 0 aromatic heterocycles. The molecule has 0 atom stereocenters. The zero-order valence-electron chi connectivity index (χ0n) is 12.9. The van der Waals surface area contributed by atoms with E-state index in [0.29, 0.717) is 22.7 Å². The third-order valence-electron chi connectivity index (χ3n) is 3.55. The molecule has 124 valence electrons. The molecule has 2 amide bonds. The van der Waals surface area contributed by atoms with Gasteiger partial charge in [0, 0.05) is 23.9 Å². The quantitative estimate of drug-likeness (QED) is 0.663. The zero-order chi connectivity index (χ0) is 17.1. The van der Waals surface area contributed by atoms with E-state index in [9.17, 15) is 14.9 Å². The summed E-state index contributed by atoms with van der Waals surface area (Å²) >= 11 is 0. The van der Waals surface area contributed by atoms with Gasteiger partial charge in [-0.3, -0.25) is 10.1 Å². The number of carbonyl (C=O) groups is 1. The number of benzene rings is 2. The van der Waals surface area contributed by atoms with Gasteiger partial charge in [0.1, 0.15) is 0 Å². The van der Waals surface area contributed by atoms with Crippen LogP contribution in [0.3, 0.4) is 0 Å². The molecule has 0 aliphatic carbocycles. The van der Waals surface area contributed by atoms with E-state index < -0.39 is 11.0 Å². The fraction of sp³-hybridized carbons (Fsp3) is 0.188. The molecule has 8 heteroatoms. The van der Waals surface area contributed by atoms with Gasteiger partial charge in [-0.05, 0) is 30.7 Å². The number of anilines is 1. The largest absolute Gasteiger partial charge is 0.454 e. The Hall–Kier alpha value is -3.29. The monoisotopic (exact) mass is 329 g/mol. The van der Waals surface area contributed by atoms with Gasteiger partial charge >= 0.3 is 6.03 Å². The summed E-state index contributed by atoms with van der Waals surface area (Å²) in [5.74, 6) is 1.32. The highest BCUT2D eigenvalue weighted by Crippen LogP contribution is 2.32. The molecule has 0 unspecified atom stereocenters. The molecule has 0 bridgehead atoms. The molecular weight excluding hydrogens is 314 g/mol. The molecule has 2 aromatic carbocycles. The van der Waals surface area contributed by atoms with E-state index >= 15 is 0 Å². The van der Waals surface area contributed by atoms with E-state index in [1.54, 1.807) is 31.2 Å². The number of hydrogen-bond acceptors (Lipinski definition) is 5. The molecule has 1 heterocycles. The number of fused-ring (bicyclic) bond motifs is 1. The van der Waals surface area contributed by atoms with Gasteiger partial charge in [-0.25, -0.2) is 4.79 Å². The third kappa shape index (κ3) is 3.37. The number of ether oxygens (including phenoxy) is 2. The van der Waals surface area contributed by atoms with Crippen LogP contribution < -0.4 is 20.1 Å². The molecule has 24 heavy (non-hydrogen) atoms. The van der Waals surface area contributed by atoms with Gasteiger partial charge in [-0.2, -0.15) is 0 Å². The van der Waals surface area contributed by atoms with Crippen molar-refractivity contribution in [2.24, 2.45) is 0 Å². The average molecular weight is 329 g/mol. The fourth-order valence-corrected chi connectivity index (χ4v) is 2.29. The van der Waals surface area contributed by atoms with Crippen LogP contribution in [0.15, 0.2) is 36.4 Å². The summed E-state index contributed by atoms with van der Waals surface area (Å²) in [5, 5.41) is 16.2. The van der Waals surface area contributed by atoms with Gasteiger partial charge in [-0.1, -0.05) is 12.1 Å². The van der Waals surface area contributed by atoms with Crippen LogP contribution in [0.5, 0.6) is 11.5 Å². The molecule has 8 nitrogen and oxygen atoms in total. The first kappa shape index (κ1) is 15.6. The van der Waals surface area contributed by atoms with Crippen molar-refractivity contribution in [2.45, 2.75) is 13.5 Å². The Morgan fingerprint density at radius 2 is 2.00 bits per heavy atom. The average Bonchev–Trinajstić information content (AvgIpc) is 3.02. The van der Waals surface area contributed by atoms with Crippen LogP contribution in [0.2, 0.25) is 0 Å². The highest BCUT2D eigenvalue weighted by Gasteiger charge is 2.14. The number of rotatable bonds is 4. The maximum atomic E-state index is 11.9. The first-order valence-corrected chi connectivity index (χ1v) is 7.21. The van der Waals surface area contributed by atoms with Crippen LogP contribution in [-0.4, -0.2) is 17.7 Å². The molecule has 2 N–H and O–H groups in total. The lowest BCUT2D eigenvalue weighted by molar-refractivity contribution is -0.385. The van der Waals surface area contributed by atoms with Gasteiger partial charge in [0.2, 0.25) is 6.79 Å². The van der Waals surface area contributed by atoms with Crippen molar-refractivity contribution in [1.82, 2.24) is 5.32 Å². The lowest BCUT2D eigenvalue weighted by atomic mass is 10.2. The predicted octanol–water partition coefficient (Wildman–Crippen LogP) is 2.95. The number of nitro benzene ring substituents is 1. The van der Waals surface area contributed by atoms with Gasteiger partial charge < -0.3 is 20.1 Å². The number of nitrogens with one attached hydrogen (secondary N) is 2. The van der Waals surface area contributed by atoms with E-state index in [0.717, 1.165) is 5.56 Å². The smallest absolute Gasteiger partial charge is 0.319 e. The Morgan fingerprint density at radius 3 is 2.79 bits per heavy atom. The Balaban J connectivity index is 1.60. The number of amides is 2. The molecule has 1 aliphatic rings. The Bertz CT molecular complexity index is 806. The molecule has 2 aromatic rings. The summed E-state index contributed by atoms with van der Waals surface area (Å²) in [6, 6.07) is 9.47. The highest BCUT2D eigenvalue weighted by molar-refractivity contribution is 5.89. The van der Waals surface area contributed by atoms with Crippen molar-refractivity contribution in [1.29, 1.82) is 0 Å². The lowest BCUT2D eigenvalue weighted by Crippen LogP contribution is -2.28. The number of aryl methyl sites for hydroxylation is 1. The first-order valence-electron chi connectivity index (χ1n) is 7.21. The minimum absolute atomic E-state index is 0.0384. The van der Waals surface area contributed by atoms with Crippen molar-refractivity contribution >= 4 is 17.4 Å². The van der Waals surface area contributed by atoms with E-state index in [-0.39, 0.29) is 19.0 Å². The molecular formula is C16H15N3O5. The molecule has 3 rings (SSSR count). The van der Waals surface area contributed by atoms with Crippen LogP contribution in [0, 0.1) is 17.0 Å². The summed E-state index contributed by atoms with van der Waals surface area (Å²) in [6.07, 6.45) is 0. The van der Waals surface area contributed by atoms with E-state index in [1.807, 2.05) is 6.07 Å². The summed E-state index contributed by atoms with van der Waals surface area (Å²) in [6.45, 7) is 2.12. The van der Waals surface area contributed by atoms with Gasteiger partial charge in [0.05, 0.1) is 4.92 Å². The zero-order valence-corrected chi connectivity index (χ0v) is 12.9. The van der Waals surface area contributed by atoms with Crippen LogP contribution >= 0.6 is 0 Å². The predicted molar refractivity (Wildman–Crippen MR) is 86.3 cm³/mol. The summed E-state index contributed by atoms with van der Waals surface area (Å²) in [5.41, 5.74) is 1.70. The molecule has 0 saturated heterocycles. The van der Waals surface area contributed by atoms with Gasteiger partial charge in [0.25, 0.3) is 5.69 Å². The van der Waals surface area contributed by atoms with Crippen LogP contribution in [-0.2, 0) is 6.54 Å². The number of urea groups is 1. The third-order valence-corrected chi connectivity index (χ3v) is 3.55. The fourth-order valence-electron chi connectivity index (χ4n) is 2.29. The minimum atomic E-state index is -0.481. The molecule has 0 spiro atoms. The molecule has 0 saturated carbocycles. The minimum Gasteiger partial charge on any atom is -0.454 e. The van der Waals surface area contributed by atoms with Gasteiger partial charge in [-0.15, -0.1) is 0 Å². The van der Waals surface area contributed by atoms with Crippen LogP contribution in [0.1, 0.15) is 11.1 Å². The lowest BCUT2D eigenvalue weighted by Gasteiger charge is -2.09. The van der Waals surface area contributed by atoms with Crippen molar-refractivity contribution in [3.8, 4) is 11.5 Å². The normalized spacial score (nSPS) is 11.9. The Kier molecular flexibility index (Phi) is 4.19. The number of hydrogen-bond donors (Lipinski definition) is 2. The Labute approximate surface area is 137 Å². The van der Waals surface area contributed by atoms with Crippen molar-refractivity contribution in [3.05, 3.63) is 57.6 Å². The van der Waals surface area contributed by atoms with E-state index in [2.05, 4.69) is 10.6 Å². The van der Waals surface area contributed by atoms with Crippen LogP contribution in [0.4, 0.5) is 16.2 Å². The standard InChI is InChI=1S/C16H15N3O5/c1-10-2-4-12(7-13(10)19(21)22)18-16(20)17-8-11-3-5-14-15(6-11)24-9-23-14/h2-7H,8-9H2,1H3,(H2,17,18,20). The molecule has 0 radical (unpaired) electrons. The highest BCUT2D eigenvalue weighted by atomic mass is 16.7. The Morgan fingerprint density at radius 1 is 1.21 bits per heavy atom. The second-order valence-corrected chi connectivity index (χ2v) is 5.25. The maximum absolute atomic E-state index is 11.9. The van der Waals surface area contributed by atoms with E-state index in [1.165, 1.54) is 6.07 Å². The second kappa shape index (κ2) is 6.45. The first-order chi connectivity index (χ1) is 11.5. The van der Waals surface area contributed by atoms with Crippen molar-refractivity contribution < 1.29 is 19.2 Å². The summed E-state index contributed by atoms with van der Waals surface area (Å²) in [4.78, 5) is 22.4. The van der Waals surface area contributed by atoms with Crippen molar-refractivity contribution in [3.63, 3.8) is 0 Å². The number of nitrogens with zero attached hydrogens (tertiary/aromatic N) is 1. The van der Waals surface area contributed by atoms with E-state index in [4.69, 9.17) is 9.47 Å². The molecule has 0 fully saturated rings. The molecule has 1 aliphatic heterocycles. The SMILES string of the molecule is Cc1ccc(NC(=O)NCc2ccc3c(c2)OCO3)cc1[N+](=O)[O-]. The second-order valence-electron chi connectivity index (χ2n) is 5.25. The summed E-state index contributed by atoms with van der Waals surface area (Å²) in [7, 11) is 0. The van der Waals surface area contributed by atoms with Gasteiger partial charge in [0.15, 0.2) is 11.5 Å². The number of carbonyl (C=O) groups excluding carboxylic acids is 1.